The molecule has 0 saturated carbocycles. The molecule has 0 aliphatic heterocycles. The van der Waals surface area contributed by atoms with Crippen LogP contribution in [0.15, 0.2) is 25.2 Å². The predicted octanol–water partition coefficient (Wildman–Crippen LogP) is 0.528. The van der Waals surface area contributed by atoms with Crippen LogP contribution < -0.4 is 5.73 Å². The van der Waals surface area contributed by atoms with Crippen molar-refractivity contribution >= 4 is 0 Å². The average molecular weight is 137 g/mol. The first-order valence-electron chi connectivity index (χ1n) is 3.18. The van der Waals surface area contributed by atoms with Gasteiger partial charge in [0.05, 0.1) is 12.0 Å². The highest BCUT2D eigenvalue weighted by Gasteiger charge is 1.91. The van der Waals surface area contributed by atoms with Crippen LogP contribution in [-0.4, -0.2) is 9.55 Å². The molecule has 54 valence electrons. The molecule has 0 unspecified atom stereocenters. The smallest absolute Gasteiger partial charge is 0.0952 e. The fraction of sp³-hybridized carbons (Fsp3) is 0.286. The molecule has 0 fully saturated rings. The molecular weight excluding hydrogens is 126 g/mol. The van der Waals surface area contributed by atoms with Gasteiger partial charge < -0.3 is 10.3 Å². The average Bonchev–Trinajstić information content (AvgIpc) is 2.37. The minimum atomic E-state index is 0.504. The Balaban J connectivity index is 2.67. The quantitative estimate of drug-likeness (QED) is 0.617. The van der Waals surface area contributed by atoms with Crippen LogP contribution in [0.25, 0.3) is 0 Å². The van der Waals surface area contributed by atoms with Crippen molar-refractivity contribution in [3.63, 3.8) is 0 Å². The van der Waals surface area contributed by atoms with Gasteiger partial charge in [0, 0.05) is 19.3 Å². The van der Waals surface area contributed by atoms with Crippen LogP contribution in [0.4, 0.5) is 0 Å². The van der Waals surface area contributed by atoms with E-state index in [4.69, 9.17) is 5.73 Å². The molecule has 3 heteroatoms. The molecule has 3 nitrogen and oxygen atoms in total. The number of imidazole rings is 1. The van der Waals surface area contributed by atoms with E-state index in [2.05, 4.69) is 11.6 Å². The van der Waals surface area contributed by atoms with Crippen LogP contribution in [0.2, 0.25) is 0 Å². The first-order valence-corrected chi connectivity index (χ1v) is 3.18. The monoisotopic (exact) mass is 137 g/mol. The van der Waals surface area contributed by atoms with Crippen molar-refractivity contribution in [2.45, 2.75) is 13.1 Å². The van der Waals surface area contributed by atoms with Gasteiger partial charge in [-0.3, -0.25) is 0 Å². The summed E-state index contributed by atoms with van der Waals surface area (Å²) in [6.45, 7) is 4.91. The second kappa shape index (κ2) is 3.17. The zero-order chi connectivity index (χ0) is 7.40. The first-order chi connectivity index (χ1) is 4.86. The topological polar surface area (TPSA) is 43.8 Å². The van der Waals surface area contributed by atoms with Gasteiger partial charge in [-0.1, -0.05) is 6.08 Å². The molecule has 0 aliphatic rings. The fourth-order valence-electron chi connectivity index (χ4n) is 0.761. The molecule has 0 saturated heterocycles. The third kappa shape index (κ3) is 1.45. The summed E-state index contributed by atoms with van der Waals surface area (Å²) in [5, 5.41) is 0. The number of hydrogen-bond acceptors (Lipinski definition) is 2. The minimum absolute atomic E-state index is 0.504. The first kappa shape index (κ1) is 7.02. The fourth-order valence-corrected chi connectivity index (χ4v) is 0.761. The zero-order valence-corrected chi connectivity index (χ0v) is 5.83. The summed E-state index contributed by atoms with van der Waals surface area (Å²) < 4.78 is 1.94. The van der Waals surface area contributed by atoms with Crippen molar-refractivity contribution in [2.75, 3.05) is 0 Å². The van der Waals surface area contributed by atoms with Gasteiger partial charge in [0.2, 0.25) is 0 Å². The molecule has 0 radical (unpaired) electrons. The molecule has 1 aromatic rings. The normalized spacial score (nSPS) is 9.70. The van der Waals surface area contributed by atoms with Crippen LogP contribution in [0.5, 0.6) is 0 Å². The molecule has 0 spiro atoms. The van der Waals surface area contributed by atoms with Gasteiger partial charge in [0.1, 0.15) is 0 Å². The lowest BCUT2D eigenvalue weighted by atomic mass is 10.5. The highest BCUT2D eigenvalue weighted by Crippen LogP contribution is 1.93. The van der Waals surface area contributed by atoms with E-state index in [0.29, 0.717) is 6.54 Å². The molecule has 0 aliphatic carbocycles. The summed E-state index contributed by atoms with van der Waals surface area (Å²) in [6.07, 6.45) is 5.49. The lowest BCUT2D eigenvalue weighted by molar-refractivity contribution is 0.820. The molecule has 0 amide bonds. The number of rotatable bonds is 3. The highest BCUT2D eigenvalue weighted by molar-refractivity contribution is 4.96. The zero-order valence-electron chi connectivity index (χ0n) is 5.83. The number of hydrogen-bond donors (Lipinski definition) is 1. The van der Waals surface area contributed by atoms with E-state index in [0.717, 1.165) is 12.2 Å². The standard InChI is InChI=1S/C7H11N3/c1-2-3-10-5-7(4-8)9-6-10/h2,5-6H,1,3-4,8H2. The van der Waals surface area contributed by atoms with E-state index in [1.54, 1.807) is 6.33 Å². The molecule has 10 heavy (non-hydrogen) atoms. The summed E-state index contributed by atoms with van der Waals surface area (Å²) in [7, 11) is 0. The third-order valence-corrected chi connectivity index (χ3v) is 1.24. The maximum atomic E-state index is 5.36. The molecule has 1 heterocycles. The van der Waals surface area contributed by atoms with Crippen molar-refractivity contribution in [1.82, 2.24) is 9.55 Å². The van der Waals surface area contributed by atoms with Gasteiger partial charge in [-0.15, -0.1) is 6.58 Å². The molecular formula is C7H11N3. The molecule has 0 atom stereocenters. The van der Waals surface area contributed by atoms with E-state index in [1.807, 2.05) is 16.8 Å². The Morgan fingerprint density at radius 3 is 3.10 bits per heavy atom. The predicted molar refractivity (Wildman–Crippen MR) is 40.3 cm³/mol. The Labute approximate surface area is 60.2 Å². The van der Waals surface area contributed by atoms with Gasteiger partial charge in [0.15, 0.2) is 0 Å². The maximum Gasteiger partial charge on any atom is 0.0952 e. The lowest BCUT2D eigenvalue weighted by Gasteiger charge is -1.91. The van der Waals surface area contributed by atoms with Crippen LogP contribution in [-0.2, 0) is 13.1 Å². The number of allylic oxidation sites excluding steroid dienone is 1. The van der Waals surface area contributed by atoms with Crippen molar-refractivity contribution < 1.29 is 0 Å². The van der Waals surface area contributed by atoms with Gasteiger partial charge in [-0.05, 0) is 0 Å². The van der Waals surface area contributed by atoms with E-state index >= 15 is 0 Å². The maximum absolute atomic E-state index is 5.36. The Kier molecular flexibility index (Phi) is 2.23. The molecule has 2 N–H and O–H groups in total. The second-order valence-corrected chi connectivity index (χ2v) is 2.05. The Bertz CT molecular complexity index is 214. The van der Waals surface area contributed by atoms with Gasteiger partial charge >= 0.3 is 0 Å². The van der Waals surface area contributed by atoms with E-state index in [1.165, 1.54) is 0 Å². The summed E-state index contributed by atoms with van der Waals surface area (Å²) in [5.41, 5.74) is 6.28. The molecule has 1 aromatic heterocycles. The van der Waals surface area contributed by atoms with Crippen molar-refractivity contribution in [2.24, 2.45) is 5.73 Å². The summed E-state index contributed by atoms with van der Waals surface area (Å²) >= 11 is 0. The van der Waals surface area contributed by atoms with E-state index in [-0.39, 0.29) is 0 Å². The van der Waals surface area contributed by atoms with Gasteiger partial charge in [-0.25, -0.2) is 4.98 Å². The Morgan fingerprint density at radius 1 is 1.80 bits per heavy atom. The minimum Gasteiger partial charge on any atom is -0.333 e. The van der Waals surface area contributed by atoms with Crippen LogP contribution in [0.3, 0.4) is 0 Å². The van der Waals surface area contributed by atoms with Crippen LogP contribution >= 0.6 is 0 Å². The number of nitrogens with two attached hydrogens (primary N) is 1. The van der Waals surface area contributed by atoms with E-state index < -0.39 is 0 Å². The summed E-state index contributed by atoms with van der Waals surface area (Å²) in [5.74, 6) is 0. The second-order valence-electron chi connectivity index (χ2n) is 2.05. The number of nitrogens with zero attached hydrogens (tertiary/aromatic N) is 2. The molecule has 0 aromatic carbocycles. The van der Waals surface area contributed by atoms with Gasteiger partial charge in [-0.2, -0.15) is 0 Å². The Morgan fingerprint density at radius 2 is 2.60 bits per heavy atom. The third-order valence-electron chi connectivity index (χ3n) is 1.24. The van der Waals surface area contributed by atoms with Crippen LogP contribution in [0, 0.1) is 0 Å². The van der Waals surface area contributed by atoms with Crippen LogP contribution in [0.1, 0.15) is 5.69 Å². The van der Waals surface area contributed by atoms with E-state index in [9.17, 15) is 0 Å². The SMILES string of the molecule is C=CCn1cnc(CN)c1. The summed E-state index contributed by atoms with van der Waals surface area (Å²) in [4.78, 5) is 4.04. The van der Waals surface area contributed by atoms with Gasteiger partial charge in [0.25, 0.3) is 0 Å². The van der Waals surface area contributed by atoms with Crippen molar-refractivity contribution in [3.05, 3.63) is 30.9 Å². The van der Waals surface area contributed by atoms with Crippen molar-refractivity contribution in [3.8, 4) is 0 Å². The lowest BCUT2D eigenvalue weighted by Crippen LogP contribution is -1.95. The summed E-state index contributed by atoms with van der Waals surface area (Å²) in [6, 6.07) is 0. The van der Waals surface area contributed by atoms with Crippen molar-refractivity contribution in [1.29, 1.82) is 0 Å². The number of aromatic nitrogens is 2. The molecule has 0 bridgehead atoms. The largest absolute Gasteiger partial charge is 0.333 e. The highest BCUT2D eigenvalue weighted by atomic mass is 15.0. The Hall–Kier alpha value is -1.09. The molecule has 1 rings (SSSR count).